The number of unbranched alkanes of at least 4 members (excludes halogenated alkanes) is 1. The van der Waals surface area contributed by atoms with E-state index in [4.69, 9.17) is 5.11 Å². The molecule has 0 radical (unpaired) electrons. The first kappa shape index (κ1) is 11.7. The van der Waals surface area contributed by atoms with Crippen LogP contribution in [-0.2, 0) is 4.74 Å². The molecule has 0 bridgehead atoms. The van der Waals surface area contributed by atoms with E-state index in [1.807, 2.05) is 6.92 Å². The Morgan fingerprint density at radius 2 is 2.00 bits per heavy atom. The molecule has 0 amide bonds. The predicted molar refractivity (Wildman–Crippen MR) is 37.8 cm³/mol. The van der Waals surface area contributed by atoms with Gasteiger partial charge in [-0.2, -0.15) is 13.2 Å². The highest BCUT2D eigenvalue weighted by atomic mass is 19.4. The fraction of sp³-hybridized carbons (Fsp3) is 1.00. The maximum absolute atomic E-state index is 11.9. The molecule has 0 spiro atoms. The lowest BCUT2D eigenvalue weighted by atomic mass is 10.3. The van der Waals surface area contributed by atoms with Crippen molar-refractivity contribution in [2.45, 2.75) is 32.0 Å². The molecule has 0 rings (SSSR count). The fourth-order valence-corrected chi connectivity index (χ4v) is 0.621. The zero-order valence-corrected chi connectivity index (χ0v) is 6.90. The Morgan fingerprint density at radius 3 is 2.33 bits per heavy atom. The second-order valence-corrected chi connectivity index (χ2v) is 2.44. The first-order valence-electron chi connectivity index (χ1n) is 3.81. The summed E-state index contributed by atoms with van der Waals surface area (Å²) in [5, 5.41) is 8.32. The highest BCUT2D eigenvalue weighted by Crippen LogP contribution is 2.22. The minimum absolute atomic E-state index is 0.0429. The average Bonchev–Trinajstić information content (AvgIpc) is 1.95. The highest BCUT2D eigenvalue weighted by Gasteiger charge is 2.39. The monoisotopic (exact) mass is 186 g/mol. The van der Waals surface area contributed by atoms with Gasteiger partial charge in [-0.1, -0.05) is 13.3 Å². The summed E-state index contributed by atoms with van der Waals surface area (Å²) in [7, 11) is 0. The van der Waals surface area contributed by atoms with Gasteiger partial charge < -0.3 is 9.84 Å². The van der Waals surface area contributed by atoms with Crippen molar-refractivity contribution in [1.82, 2.24) is 0 Å². The molecule has 0 saturated heterocycles. The third-order valence-electron chi connectivity index (χ3n) is 1.35. The Balaban J connectivity index is 3.68. The largest absolute Gasteiger partial charge is 0.416 e. The summed E-state index contributed by atoms with van der Waals surface area (Å²) in [6.45, 7) is 0.888. The van der Waals surface area contributed by atoms with Gasteiger partial charge in [0.2, 0.25) is 0 Å². The van der Waals surface area contributed by atoms with Crippen LogP contribution in [0.25, 0.3) is 0 Å². The van der Waals surface area contributed by atoms with Crippen molar-refractivity contribution >= 4 is 0 Å². The van der Waals surface area contributed by atoms with Gasteiger partial charge in [0, 0.05) is 6.61 Å². The first-order valence-corrected chi connectivity index (χ1v) is 3.81. The van der Waals surface area contributed by atoms with E-state index in [-0.39, 0.29) is 6.61 Å². The fourth-order valence-electron chi connectivity index (χ4n) is 0.621. The normalized spacial score (nSPS) is 14.8. The number of hydrogen-bond donors (Lipinski definition) is 1. The van der Waals surface area contributed by atoms with Crippen molar-refractivity contribution in [3.8, 4) is 0 Å². The molecule has 5 heteroatoms. The zero-order valence-electron chi connectivity index (χ0n) is 6.90. The van der Waals surface area contributed by atoms with Gasteiger partial charge in [-0.3, -0.25) is 0 Å². The van der Waals surface area contributed by atoms with Crippen LogP contribution >= 0.6 is 0 Å². The van der Waals surface area contributed by atoms with Crippen molar-refractivity contribution in [3.63, 3.8) is 0 Å². The van der Waals surface area contributed by atoms with E-state index < -0.39 is 18.9 Å². The van der Waals surface area contributed by atoms with Gasteiger partial charge in [0.15, 0.2) is 6.10 Å². The number of halogens is 3. The topological polar surface area (TPSA) is 29.5 Å². The van der Waals surface area contributed by atoms with E-state index in [0.29, 0.717) is 6.42 Å². The van der Waals surface area contributed by atoms with E-state index in [2.05, 4.69) is 4.74 Å². The SMILES string of the molecule is CCCCOC(CO)C(F)(F)F. The molecule has 0 heterocycles. The van der Waals surface area contributed by atoms with Crippen LogP contribution in [0.4, 0.5) is 13.2 Å². The highest BCUT2D eigenvalue weighted by molar-refractivity contribution is 4.65. The number of aliphatic hydroxyl groups is 1. The number of ether oxygens (including phenoxy) is 1. The molecule has 0 saturated carbocycles. The van der Waals surface area contributed by atoms with Gasteiger partial charge in [0.05, 0.1) is 6.61 Å². The second-order valence-electron chi connectivity index (χ2n) is 2.44. The standard InChI is InChI=1S/C7H13F3O2/c1-2-3-4-12-6(5-11)7(8,9)10/h6,11H,2-5H2,1H3. The summed E-state index contributed by atoms with van der Waals surface area (Å²) in [6, 6.07) is 0. The Morgan fingerprint density at radius 1 is 1.42 bits per heavy atom. The number of alkyl halides is 3. The zero-order chi connectivity index (χ0) is 9.61. The van der Waals surface area contributed by atoms with Crippen LogP contribution in [0.15, 0.2) is 0 Å². The third-order valence-corrected chi connectivity index (χ3v) is 1.35. The Kier molecular flexibility index (Phi) is 5.24. The van der Waals surface area contributed by atoms with Crippen molar-refractivity contribution in [2.24, 2.45) is 0 Å². The molecule has 12 heavy (non-hydrogen) atoms. The van der Waals surface area contributed by atoms with Crippen LogP contribution in [0.3, 0.4) is 0 Å². The van der Waals surface area contributed by atoms with E-state index in [0.717, 1.165) is 6.42 Å². The molecule has 1 atom stereocenters. The average molecular weight is 186 g/mol. The molecule has 0 aromatic rings. The molecule has 2 nitrogen and oxygen atoms in total. The van der Waals surface area contributed by atoms with Gasteiger partial charge in [0.1, 0.15) is 0 Å². The van der Waals surface area contributed by atoms with Crippen LogP contribution < -0.4 is 0 Å². The molecule has 0 aliphatic heterocycles. The number of hydrogen-bond acceptors (Lipinski definition) is 2. The molecule has 0 aromatic heterocycles. The number of rotatable bonds is 5. The van der Waals surface area contributed by atoms with Crippen molar-refractivity contribution in [1.29, 1.82) is 0 Å². The summed E-state index contributed by atoms with van der Waals surface area (Å²) in [6.07, 6.45) is -5.13. The third kappa shape index (κ3) is 4.56. The molecule has 0 aromatic carbocycles. The van der Waals surface area contributed by atoms with Crippen molar-refractivity contribution < 1.29 is 23.0 Å². The van der Waals surface area contributed by atoms with Crippen LogP contribution in [-0.4, -0.2) is 30.6 Å². The minimum Gasteiger partial charge on any atom is -0.393 e. The van der Waals surface area contributed by atoms with E-state index >= 15 is 0 Å². The lowest BCUT2D eigenvalue weighted by Gasteiger charge is -2.17. The predicted octanol–water partition coefficient (Wildman–Crippen LogP) is 1.73. The van der Waals surface area contributed by atoms with E-state index in [9.17, 15) is 13.2 Å². The molecule has 1 unspecified atom stereocenters. The minimum atomic E-state index is -4.46. The molecular formula is C7H13F3O2. The molecular weight excluding hydrogens is 173 g/mol. The lowest BCUT2D eigenvalue weighted by Crippen LogP contribution is -2.35. The molecule has 74 valence electrons. The number of aliphatic hydroxyl groups excluding tert-OH is 1. The Labute approximate surface area is 69.3 Å². The summed E-state index contributed by atoms with van der Waals surface area (Å²) >= 11 is 0. The molecule has 0 aliphatic rings. The summed E-state index contributed by atoms with van der Waals surface area (Å²) < 4.78 is 40.0. The van der Waals surface area contributed by atoms with Crippen LogP contribution in [0.1, 0.15) is 19.8 Å². The van der Waals surface area contributed by atoms with Gasteiger partial charge in [-0.25, -0.2) is 0 Å². The Hall–Kier alpha value is -0.290. The van der Waals surface area contributed by atoms with E-state index in [1.165, 1.54) is 0 Å². The first-order chi connectivity index (χ1) is 5.52. The maximum atomic E-state index is 11.9. The smallest absolute Gasteiger partial charge is 0.393 e. The van der Waals surface area contributed by atoms with Crippen LogP contribution in [0.5, 0.6) is 0 Å². The molecule has 1 N–H and O–H groups in total. The van der Waals surface area contributed by atoms with Gasteiger partial charge in [-0.05, 0) is 6.42 Å². The van der Waals surface area contributed by atoms with Crippen molar-refractivity contribution in [3.05, 3.63) is 0 Å². The van der Waals surface area contributed by atoms with Gasteiger partial charge in [-0.15, -0.1) is 0 Å². The summed E-state index contributed by atoms with van der Waals surface area (Å²) in [5.74, 6) is 0. The van der Waals surface area contributed by atoms with E-state index in [1.54, 1.807) is 0 Å². The van der Waals surface area contributed by atoms with Crippen molar-refractivity contribution in [2.75, 3.05) is 13.2 Å². The van der Waals surface area contributed by atoms with Gasteiger partial charge >= 0.3 is 6.18 Å². The summed E-state index contributed by atoms with van der Waals surface area (Å²) in [4.78, 5) is 0. The maximum Gasteiger partial charge on any atom is 0.416 e. The quantitative estimate of drug-likeness (QED) is 0.662. The summed E-state index contributed by atoms with van der Waals surface area (Å²) in [5.41, 5.74) is 0. The molecule has 0 aliphatic carbocycles. The van der Waals surface area contributed by atoms with Crippen LogP contribution in [0.2, 0.25) is 0 Å². The Bertz CT molecular complexity index is 114. The lowest BCUT2D eigenvalue weighted by molar-refractivity contribution is -0.229. The second kappa shape index (κ2) is 5.37. The molecule has 0 fully saturated rings. The van der Waals surface area contributed by atoms with Crippen LogP contribution in [0, 0.1) is 0 Å². The van der Waals surface area contributed by atoms with Gasteiger partial charge in [0.25, 0.3) is 0 Å².